The lowest BCUT2D eigenvalue weighted by Crippen LogP contribution is -2.12. The first-order valence-electron chi connectivity index (χ1n) is 10.3. The molecule has 3 heteroatoms. The van der Waals surface area contributed by atoms with Crippen LogP contribution in [0.4, 0.5) is 0 Å². The van der Waals surface area contributed by atoms with Gasteiger partial charge < -0.3 is 10.1 Å². The highest BCUT2D eigenvalue weighted by Gasteiger charge is 2.25. The molecular formula is C26H32ClNO. The lowest BCUT2D eigenvalue weighted by Gasteiger charge is -2.28. The Morgan fingerprint density at radius 2 is 1.28 bits per heavy atom. The van der Waals surface area contributed by atoms with Gasteiger partial charge in [-0.2, -0.15) is 0 Å². The van der Waals surface area contributed by atoms with Crippen molar-refractivity contribution in [3.8, 4) is 5.75 Å². The molecule has 1 N–H and O–H groups in total. The summed E-state index contributed by atoms with van der Waals surface area (Å²) >= 11 is 6.13. The second kappa shape index (κ2) is 12.3. The van der Waals surface area contributed by atoms with E-state index in [1.165, 1.54) is 16.7 Å². The first kappa shape index (κ1) is 23.0. The summed E-state index contributed by atoms with van der Waals surface area (Å²) in [5.74, 6) is 1.59. The molecule has 0 heterocycles. The van der Waals surface area contributed by atoms with Crippen LogP contribution in [0, 0.1) is 0 Å². The SMILES string of the molecule is CCOc1ccc(C(c2ccc(Cl)cc2)C(CC)c2ccccc2)cc1.CNC. The average molecular weight is 410 g/mol. The Kier molecular flexibility index (Phi) is 9.76. The first-order valence-corrected chi connectivity index (χ1v) is 10.6. The zero-order chi connectivity index (χ0) is 21.1. The van der Waals surface area contributed by atoms with E-state index in [1.807, 2.05) is 33.2 Å². The van der Waals surface area contributed by atoms with Crippen molar-refractivity contribution in [1.82, 2.24) is 5.32 Å². The summed E-state index contributed by atoms with van der Waals surface area (Å²) in [6.07, 6.45) is 1.06. The predicted octanol–water partition coefficient (Wildman–Crippen LogP) is 6.90. The van der Waals surface area contributed by atoms with E-state index >= 15 is 0 Å². The zero-order valence-corrected chi connectivity index (χ0v) is 18.6. The van der Waals surface area contributed by atoms with Crippen LogP contribution in [0.3, 0.4) is 0 Å². The Balaban J connectivity index is 0.000000941. The molecule has 2 unspecified atom stereocenters. The number of ether oxygens (including phenoxy) is 1. The first-order chi connectivity index (χ1) is 14.1. The summed E-state index contributed by atoms with van der Waals surface area (Å²) in [5, 5.41) is 3.52. The van der Waals surface area contributed by atoms with E-state index in [1.54, 1.807) is 0 Å². The van der Waals surface area contributed by atoms with Gasteiger partial charge in [-0.15, -0.1) is 0 Å². The number of nitrogens with one attached hydrogen (secondary N) is 1. The maximum absolute atomic E-state index is 6.13. The van der Waals surface area contributed by atoms with Crippen molar-refractivity contribution in [2.24, 2.45) is 0 Å². The molecule has 0 aliphatic carbocycles. The second-order valence-electron chi connectivity index (χ2n) is 6.96. The van der Waals surface area contributed by atoms with Gasteiger partial charge in [0.1, 0.15) is 5.75 Å². The lowest BCUT2D eigenvalue weighted by molar-refractivity contribution is 0.340. The van der Waals surface area contributed by atoms with E-state index in [0.717, 1.165) is 17.2 Å². The molecule has 3 aromatic carbocycles. The quantitative estimate of drug-likeness (QED) is 0.458. The molecular weight excluding hydrogens is 378 g/mol. The van der Waals surface area contributed by atoms with Crippen molar-refractivity contribution < 1.29 is 4.74 Å². The summed E-state index contributed by atoms with van der Waals surface area (Å²) in [6, 6.07) is 27.5. The molecule has 0 saturated carbocycles. The summed E-state index contributed by atoms with van der Waals surface area (Å²) in [6.45, 7) is 4.95. The van der Waals surface area contributed by atoms with Gasteiger partial charge in [-0.1, -0.05) is 73.1 Å². The standard InChI is InChI=1S/C24H25ClO.C2H7N/c1-3-23(18-8-6-5-7-9-18)24(19-10-14-21(25)15-11-19)20-12-16-22(17-13-20)26-4-2;1-3-2/h5-17,23-24H,3-4H2,1-2H3;3H,1-2H3. The van der Waals surface area contributed by atoms with Gasteiger partial charge in [0.05, 0.1) is 6.61 Å². The molecule has 2 atom stereocenters. The van der Waals surface area contributed by atoms with Gasteiger partial charge in [0.2, 0.25) is 0 Å². The fourth-order valence-corrected chi connectivity index (χ4v) is 3.76. The van der Waals surface area contributed by atoms with Gasteiger partial charge in [0.25, 0.3) is 0 Å². The number of hydrogen-bond acceptors (Lipinski definition) is 2. The Hall–Kier alpha value is -2.29. The van der Waals surface area contributed by atoms with E-state index in [0.29, 0.717) is 12.5 Å². The minimum atomic E-state index is 0.273. The Bertz CT molecular complexity index is 816. The van der Waals surface area contributed by atoms with E-state index in [9.17, 15) is 0 Å². The van der Waals surface area contributed by atoms with Crippen LogP contribution < -0.4 is 10.1 Å². The van der Waals surface area contributed by atoms with Gasteiger partial charge >= 0.3 is 0 Å². The smallest absolute Gasteiger partial charge is 0.119 e. The van der Waals surface area contributed by atoms with Gasteiger partial charge in [-0.05, 0) is 74.3 Å². The maximum atomic E-state index is 6.13. The molecule has 0 amide bonds. The summed E-state index contributed by atoms with van der Waals surface area (Å²) in [5.41, 5.74) is 3.95. The van der Waals surface area contributed by atoms with Crippen LogP contribution in [0.25, 0.3) is 0 Å². The van der Waals surface area contributed by atoms with Gasteiger partial charge in [-0.3, -0.25) is 0 Å². The summed E-state index contributed by atoms with van der Waals surface area (Å²) < 4.78 is 5.62. The Morgan fingerprint density at radius 1 is 0.759 bits per heavy atom. The van der Waals surface area contributed by atoms with Gasteiger partial charge in [0, 0.05) is 10.9 Å². The molecule has 0 saturated heterocycles. The molecule has 2 nitrogen and oxygen atoms in total. The zero-order valence-electron chi connectivity index (χ0n) is 17.9. The van der Waals surface area contributed by atoms with Crippen molar-refractivity contribution in [3.63, 3.8) is 0 Å². The highest BCUT2D eigenvalue weighted by Crippen LogP contribution is 2.41. The van der Waals surface area contributed by atoms with Crippen LogP contribution in [0.15, 0.2) is 78.9 Å². The molecule has 0 aliphatic heterocycles. The second-order valence-corrected chi connectivity index (χ2v) is 7.39. The van der Waals surface area contributed by atoms with Crippen molar-refractivity contribution in [2.45, 2.75) is 32.1 Å². The maximum Gasteiger partial charge on any atom is 0.119 e. The fraction of sp³-hybridized carbons (Fsp3) is 0.308. The number of benzene rings is 3. The van der Waals surface area contributed by atoms with Crippen molar-refractivity contribution in [2.75, 3.05) is 20.7 Å². The molecule has 3 aromatic rings. The van der Waals surface area contributed by atoms with E-state index in [-0.39, 0.29) is 5.92 Å². The van der Waals surface area contributed by atoms with Crippen LogP contribution in [-0.4, -0.2) is 20.7 Å². The minimum Gasteiger partial charge on any atom is -0.494 e. The van der Waals surface area contributed by atoms with Crippen molar-refractivity contribution in [3.05, 3.63) is 101 Å². The highest BCUT2D eigenvalue weighted by atomic mass is 35.5. The van der Waals surface area contributed by atoms with E-state index in [4.69, 9.17) is 16.3 Å². The number of hydrogen-bond donors (Lipinski definition) is 1. The molecule has 0 fully saturated rings. The molecule has 0 spiro atoms. The molecule has 29 heavy (non-hydrogen) atoms. The van der Waals surface area contributed by atoms with Crippen molar-refractivity contribution in [1.29, 1.82) is 0 Å². The highest BCUT2D eigenvalue weighted by molar-refractivity contribution is 6.30. The van der Waals surface area contributed by atoms with Crippen LogP contribution >= 0.6 is 11.6 Å². The summed E-state index contributed by atoms with van der Waals surface area (Å²) in [7, 11) is 3.75. The number of halogens is 1. The Morgan fingerprint density at radius 3 is 1.76 bits per heavy atom. The molecule has 0 bridgehead atoms. The van der Waals surface area contributed by atoms with Crippen LogP contribution in [-0.2, 0) is 0 Å². The van der Waals surface area contributed by atoms with Crippen LogP contribution in [0.1, 0.15) is 48.8 Å². The van der Waals surface area contributed by atoms with Gasteiger partial charge in [-0.25, -0.2) is 0 Å². The molecule has 0 aliphatic rings. The third-order valence-corrected chi connectivity index (χ3v) is 5.10. The van der Waals surface area contributed by atoms with Crippen LogP contribution in [0.5, 0.6) is 5.75 Å². The van der Waals surface area contributed by atoms with Crippen molar-refractivity contribution >= 4 is 11.6 Å². The number of rotatable bonds is 7. The minimum absolute atomic E-state index is 0.273. The normalized spacial score (nSPS) is 12.4. The predicted molar refractivity (Wildman–Crippen MR) is 125 cm³/mol. The fourth-order valence-electron chi connectivity index (χ4n) is 3.63. The van der Waals surface area contributed by atoms with E-state index < -0.39 is 0 Å². The van der Waals surface area contributed by atoms with E-state index in [2.05, 4.69) is 79.0 Å². The largest absolute Gasteiger partial charge is 0.494 e. The molecule has 0 radical (unpaired) electrons. The third kappa shape index (κ3) is 6.62. The third-order valence-electron chi connectivity index (χ3n) is 4.85. The molecule has 154 valence electrons. The Labute approximate surface area is 180 Å². The monoisotopic (exact) mass is 409 g/mol. The average Bonchev–Trinajstić information content (AvgIpc) is 2.75. The van der Waals surface area contributed by atoms with Gasteiger partial charge in [0.15, 0.2) is 0 Å². The summed E-state index contributed by atoms with van der Waals surface area (Å²) in [4.78, 5) is 0. The molecule has 0 aromatic heterocycles. The lowest BCUT2D eigenvalue weighted by atomic mass is 9.76. The van der Waals surface area contributed by atoms with Crippen LogP contribution in [0.2, 0.25) is 5.02 Å². The molecule has 3 rings (SSSR count). The topological polar surface area (TPSA) is 21.3 Å².